The topological polar surface area (TPSA) is 58.5 Å². The average molecular weight is 354 g/mol. The summed E-state index contributed by atoms with van der Waals surface area (Å²) in [4.78, 5) is 8.79. The van der Waals surface area contributed by atoms with Crippen molar-refractivity contribution >= 4 is 5.96 Å². The number of aliphatic imine (C=N–C) groups is 1. The van der Waals surface area contributed by atoms with E-state index in [2.05, 4.69) is 53.5 Å². The summed E-state index contributed by atoms with van der Waals surface area (Å²) in [6, 6.07) is 10.1. The normalized spacial score (nSPS) is 12.5. The fraction of sp³-hybridized carbons (Fsp3) is 0.429. The minimum Gasteiger partial charge on any atom is -0.489 e. The molecular formula is C21H30N4O. The molecule has 0 amide bonds. The van der Waals surface area contributed by atoms with Gasteiger partial charge in [-0.05, 0) is 62.9 Å². The third-order valence-electron chi connectivity index (χ3n) is 4.10. The largest absolute Gasteiger partial charge is 0.489 e. The van der Waals surface area contributed by atoms with E-state index in [1.165, 1.54) is 11.1 Å². The quantitative estimate of drug-likeness (QED) is 0.564. The SMILES string of the molecule is CCNC(=NCC(C)Oc1ccccc1C)NCCc1ccncc1C. The van der Waals surface area contributed by atoms with Crippen LogP contribution in [0.2, 0.25) is 0 Å². The Hall–Kier alpha value is -2.56. The summed E-state index contributed by atoms with van der Waals surface area (Å²) in [5.74, 6) is 1.74. The first-order valence-electron chi connectivity index (χ1n) is 9.24. The van der Waals surface area contributed by atoms with Crippen LogP contribution in [0.1, 0.15) is 30.5 Å². The molecule has 0 fully saturated rings. The molecule has 1 aromatic carbocycles. The van der Waals surface area contributed by atoms with Crippen molar-refractivity contribution in [2.75, 3.05) is 19.6 Å². The number of hydrogen-bond donors (Lipinski definition) is 2. The third-order valence-corrected chi connectivity index (χ3v) is 4.10. The lowest BCUT2D eigenvalue weighted by Gasteiger charge is -2.16. The van der Waals surface area contributed by atoms with E-state index in [9.17, 15) is 0 Å². The van der Waals surface area contributed by atoms with Crippen molar-refractivity contribution in [2.45, 2.75) is 40.2 Å². The first-order valence-corrected chi connectivity index (χ1v) is 9.24. The Labute approximate surface area is 156 Å². The van der Waals surface area contributed by atoms with E-state index in [1.54, 1.807) is 0 Å². The van der Waals surface area contributed by atoms with Crippen molar-refractivity contribution in [3.63, 3.8) is 0 Å². The second-order valence-corrected chi connectivity index (χ2v) is 6.39. The molecule has 2 aromatic rings. The Morgan fingerprint density at radius 1 is 1.15 bits per heavy atom. The fourth-order valence-corrected chi connectivity index (χ4v) is 2.60. The molecule has 1 unspecified atom stereocenters. The van der Waals surface area contributed by atoms with E-state index in [0.29, 0.717) is 6.54 Å². The van der Waals surface area contributed by atoms with E-state index >= 15 is 0 Å². The second kappa shape index (κ2) is 10.4. The molecule has 2 N–H and O–H groups in total. The van der Waals surface area contributed by atoms with E-state index in [4.69, 9.17) is 4.74 Å². The van der Waals surface area contributed by atoms with Crippen molar-refractivity contribution in [1.29, 1.82) is 0 Å². The van der Waals surface area contributed by atoms with Gasteiger partial charge in [0.05, 0.1) is 6.54 Å². The lowest BCUT2D eigenvalue weighted by atomic mass is 10.1. The Kier molecular flexibility index (Phi) is 7.93. The molecule has 5 nitrogen and oxygen atoms in total. The molecule has 5 heteroatoms. The van der Waals surface area contributed by atoms with E-state index in [-0.39, 0.29) is 6.10 Å². The molecule has 1 heterocycles. The first-order chi connectivity index (χ1) is 12.6. The summed E-state index contributed by atoms with van der Waals surface area (Å²) in [6.07, 6.45) is 4.69. The zero-order valence-electron chi connectivity index (χ0n) is 16.2. The number of ether oxygens (including phenoxy) is 1. The highest BCUT2D eigenvalue weighted by Crippen LogP contribution is 2.17. The summed E-state index contributed by atoms with van der Waals surface area (Å²) in [5.41, 5.74) is 3.66. The summed E-state index contributed by atoms with van der Waals surface area (Å²) in [5, 5.41) is 6.67. The maximum atomic E-state index is 5.99. The van der Waals surface area contributed by atoms with Crippen LogP contribution in [-0.2, 0) is 6.42 Å². The van der Waals surface area contributed by atoms with Crippen molar-refractivity contribution in [1.82, 2.24) is 15.6 Å². The molecule has 0 saturated carbocycles. The van der Waals surface area contributed by atoms with Gasteiger partial charge in [0.2, 0.25) is 0 Å². The molecule has 0 spiro atoms. The second-order valence-electron chi connectivity index (χ2n) is 6.39. The van der Waals surface area contributed by atoms with Crippen LogP contribution in [-0.4, -0.2) is 36.7 Å². The molecule has 2 rings (SSSR count). The molecular weight excluding hydrogens is 324 g/mol. The summed E-state index contributed by atoms with van der Waals surface area (Å²) >= 11 is 0. The number of hydrogen-bond acceptors (Lipinski definition) is 3. The van der Waals surface area contributed by atoms with E-state index < -0.39 is 0 Å². The lowest BCUT2D eigenvalue weighted by Crippen LogP contribution is -2.39. The van der Waals surface area contributed by atoms with Gasteiger partial charge in [0, 0.05) is 25.5 Å². The lowest BCUT2D eigenvalue weighted by molar-refractivity contribution is 0.228. The van der Waals surface area contributed by atoms with Gasteiger partial charge in [-0.1, -0.05) is 18.2 Å². The maximum absolute atomic E-state index is 5.99. The minimum atomic E-state index is 0.00833. The van der Waals surface area contributed by atoms with Crippen LogP contribution >= 0.6 is 0 Å². The van der Waals surface area contributed by atoms with Crippen LogP contribution in [0.15, 0.2) is 47.7 Å². The van der Waals surface area contributed by atoms with Crippen molar-refractivity contribution in [3.8, 4) is 5.75 Å². The third kappa shape index (κ3) is 6.39. The van der Waals surface area contributed by atoms with Crippen LogP contribution in [0.5, 0.6) is 5.75 Å². The molecule has 1 atom stereocenters. The van der Waals surface area contributed by atoms with Crippen molar-refractivity contribution < 1.29 is 4.74 Å². The molecule has 0 aliphatic carbocycles. The smallest absolute Gasteiger partial charge is 0.191 e. The standard InChI is InChI=1S/C21H30N4O/c1-5-23-21(24-13-11-19-10-12-22-14-17(19)3)25-15-18(4)26-20-9-7-6-8-16(20)2/h6-10,12,14,18H,5,11,13,15H2,1-4H3,(H2,23,24,25). The first kappa shape index (κ1) is 19.8. The highest BCUT2D eigenvalue weighted by atomic mass is 16.5. The van der Waals surface area contributed by atoms with Gasteiger partial charge >= 0.3 is 0 Å². The summed E-state index contributed by atoms with van der Waals surface area (Å²) < 4.78 is 5.99. The van der Waals surface area contributed by atoms with Gasteiger partial charge in [0.1, 0.15) is 11.9 Å². The Bertz CT molecular complexity index is 715. The summed E-state index contributed by atoms with van der Waals surface area (Å²) in [7, 11) is 0. The maximum Gasteiger partial charge on any atom is 0.191 e. The van der Waals surface area contributed by atoms with Gasteiger partial charge in [-0.25, -0.2) is 4.99 Å². The van der Waals surface area contributed by atoms with E-state index in [0.717, 1.165) is 36.8 Å². The van der Waals surface area contributed by atoms with Gasteiger partial charge in [-0.2, -0.15) is 0 Å². The molecule has 26 heavy (non-hydrogen) atoms. The highest BCUT2D eigenvalue weighted by Gasteiger charge is 2.06. The van der Waals surface area contributed by atoms with Crippen molar-refractivity contribution in [3.05, 3.63) is 59.4 Å². The van der Waals surface area contributed by atoms with Gasteiger partial charge in [-0.3, -0.25) is 4.98 Å². The zero-order chi connectivity index (χ0) is 18.8. The van der Waals surface area contributed by atoms with E-state index in [1.807, 2.05) is 37.5 Å². The van der Waals surface area contributed by atoms with Crippen LogP contribution < -0.4 is 15.4 Å². The highest BCUT2D eigenvalue weighted by molar-refractivity contribution is 5.79. The molecule has 140 valence electrons. The van der Waals surface area contributed by atoms with Crippen LogP contribution in [0.3, 0.4) is 0 Å². The van der Waals surface area contributed by atoms with Crippen LogP contribution in [0.4, 0.5) is 0 Å². The number of pyridine rings is 1. The molecule has 0 saturated heterocycles. The number of rotatable bonds is 8. The number of guanidine groups is 1. The predicted molar refractivity (Wildman–Crippen MR) is 108 cm³/mol. The zero-order valence-corrected chi connectivity index (χ0v) is 16.2. The Balaban J connectivity index is 1.85. The molecule has 0 aliphatic heterocycles. The average Bonchev–Trinajstić information content (AvgIpc) is 2.63. The number of nitrogens with one attached hydrogen (secondary N) is 2. The fourth-order valence-electron chi connectivity index (χ4n) is 2.60. The minimum absolute atomic E-state index is 0.00833. The monoisotopic (exact) mass is 354 g/mol. The molecule has 0 aliphatic rings. The van der Waals surface area contributed by atoms with Gasteiger partial charge in [0.15, 0.2) is 5.96 Å². The number of benzene rings is 1. The Morgan fingerprint density at radius 3 is 2.69 bits per heavy atom. The molecule has 0 bridgehead atoms. The molecule has 0 radical (unpaired) electrons. The number of aromatic nitrogens is 1. The predicted octanol–water partition coefficient (Wildman–Crippen LogP) is 3.26. The number of nitrogens with zero attached hydrogens (tertiary/aromatic N) is 2. The van der Waals surface area contributed by atoms with Gasteiger partial charge in [0.25, 0.3) is 0 Å². The van der Waals surface area contributed by atoms with Gasteiger partial charge in [-0.15, -0.1) is 0 Å². The van der Waals surface area contributed by atoms with Crippen molar-refractivity contribution in [2.24, 2.45) is 4.99 Å². The summed E-state index contributed by atoms with van der Waals surface area (Å²) in [6.45, 7) is 10.5. The van der Waals surface area contributed by atoms with Gasteiger partial charge < -0.3 is 15.4 Å². The number of para-hydroxylation sites is 1. The van der Waals surface area contributed by atoms with Crippen LogP contribution in [0, 0.1) is 13.8 Å². The Morgan fingerprint density at radius 2 is 1.96 bits per heavy atom. The van der Waals surface area contributed by atoms with Crippen LogP contribution in [0.25, 0.3) is 0 Å². The number of aryl methyl sites for hydroxylation is 2. The molecule has 1 aromatic heterocycles.